The zero-order valence-electron chi connectivity index (χ0n) is 12.3. The minimum atomic E-state index is -3.80. The smallest absolute Gasteiger partial charge is 0.441 e. The molecule has 23 heavy (non-hydrogen) atoms. The summed E-state index contributed by atoms with van der Waals surface area (Å²) in [4.78, 5) is 11.7. The Morgan fingerprint density at radius 2 is 1.43 bits per heavy atom. The first-order valence-electron chi connectivity index (χ1n) is 6.79. The Bertz CT molecular complexity index is 676. The van der Waals surface area contributed by atoms with Crippen molar-refractivity contribution in [2.45, 2.75) is 0 Å². The van der Waals surface area contributed by atoms with Gasteiger partial charge in [-0.3, -0.25) is 4.79 Å². The van der Waals surface area contributed by atoms with E-state index in [1.54, 1.807) is 60.7 Å². The number of para-hydroxylation sites is 2. The Kier molecular flexibility index (Phi) is 5.85. The zero-order valence-corrected chi connectivity index (χ0v) is 13.1. The Balaban J connectivity index is 2.17. The van der Waals surface area contributed by atoms with Crippen LogP contribution in [0.2, 0.25) is 0 Å². The van der Waals surface area contributed by atoms with Gasteiger partial charge in [0.1, 0.15) is 11.5 Å². The van der Waals surface area contributed by atoms with Crippen LogP contribution in [0.15, 0.2) is 60.7 Å². The predicted octanol–water partition coefficient (Wildman–Crippen LogP) is 3.51. The number of rotatable bonds is 7. The maximum atomic E-state index is 12.9. The number of hydrogen-bond donors (Lipinski definition) is 0. The molecule has 0 amide bonds. The van der Waals surface area contributed by atoms with Crippen molar-refractivity contribution in [2.75, 3.05) is 12.8 Å². The molecule has 0 N–H and O–H groups in total. The molecular formula is C17H15O5P. The molecule has 5 nitrogen and oxygen atoms in total. The number of hydrogen-bond acceptors (Lipinski definition) is 5. The molecule has 0 aliphatic rings. The highest BCUT2D eigenvalue weighted by Crippen LogP contribution is 2.48. The highest BCUT2D eigenvalue weighted by atomic mass is 31.2. The third kappa shape index (κ3) is 5.54. The highest BCUT2D eigenvalue weighted by molar-refractivity contribution is 7.55. The van der Waals surface area contributed by atoms with E-state index in [1.807, 2.05) is 0 Å². The van der Waals surface area contributed by atoms with Crippen molar-refractivity contribution in [2.24, 2.45) is 0 Å². The number of benzene rings is 2. The van der Waals surface area contributed by atoms with Crippen LogP contribution < -0.4 is 9.05 Å². The Morgan fingerprint density at radius 3 is 1.87 bits per heavy atom. The summed E-state index contributed by atoms with van der Waals surface area (Å²) < 4.78 is 28.6. The SMILES string of the molecule is C#CCOC(=O)CP(=O)(Oc1ccccc1)Oc1ccccc1. The van der Waals surface area contributed by atoms with Crippen LogP contribution in [-0.2, 0) is 14.1 Å². The van der Waals surface area contributed by atoms with Crippen molar-refractivity contribution in [3.63, 3.8) is 0 Å². The third-order valence-electron chi connectivity index (χ3n) is 2.61. The quantitative estimate of drug-likeness (QED) is 0.442. The molecule has 0 saturated heterocycles. The standard InChI is InChI=1S/C17H15O5P/c1-2-13-20-17(18)14-23(19,21-15-9-5-3-6-10-15)22-16-11-7-4-8-12-16/h1,3-12H,13-14H2. The maximum absolute atomic E-state index is 12.9. The second-order valence-corrected chi connectivity index (χ2v) is 6.35. The zero-order chi connectivity index (χ0) is 16.5. The third-order valence-corrected chi connectivity index (χ3v) is 4.24. The number of ether oxygens (including phenoxy) is 1. The van der Waals surface area contributed by atoms with Crippen LogP contribution in [-0.4, -0.2) is 18.7 Å². The van der Waals surface area contributed by atoms with Crippen molar-refractivity contribution in [1.82, 2.24) is 0 Å². The molecule has 0 spiro atoms. The normalized spacial score (nSPS) is 10.4. The van der Waals surface area contributed by atoms with E-state index >= 15 is 0 Å². The fraction of sp³-hybridized carbons (Fsp3) is 0.118. The molecule has 0 saturated carbocycles. The monoisotopic (exact) mass is 330 g/mol. The minimum Gasteiger partial charge on any atom is -0.452 e. The molecule has 2 aromatic rings. The van der Waals surface area contributed by atoms with Gasteiger partial charge in [0.15, 0.2) is 12.8 Å². The molecule has 2 aromatic carbocycles. The lowest BCUT2D eigenvalue weighted by Crippen LogP contribution is -2.16. The van der Waals surface area contributed by atoms with Crippen molar-refractivity contribution in [3.8, 4) is 23.8 Å². The fourth-order valence-corrected chi connectivity index (χ4v) is 3.15. The van der Waals surface area contributed by atoms with Crippen LogP contribution in [0.5, 0.6) is 11.5 Å². The lowest BCUT2D eigenvalue weighted by Gasteiger charge is -2.19. The first-order chi connectivity index (χ1) is 11.1. The molecule has 2 rings (SSSR count). The molecule has 0 atom stereocenters. The van der Waals surface area contributed by atoms with Gasteiger partial charge in [-0.25, -0.2) is 4.57 Å². The van der Waals surface area contributed by atoms with Crippen LogP contribution >= 0.6 is 7.60 Å². The van der Waals surface area contributed by atoms with Crippen molar-refractivity contribution in [1.29, 1.82) is 0 Å². The second kappa shape index (κ2) is 8.07. The van der Waals surface area contributed by atoms with Gasteiger partial charge in [0.05, 0.1) is 0 Å². The first-order valence-corrected chi connectivity index (χ1v) is 8.51. The van der Waals surface area contributed by atoms with Crippen molar-refractivity contribution in [3.05, 3.63) is 60.7 Å². The van der Waals surface area contributed by atoms with Crippen LogP contribution in [0.1, 0.15) is 0 Å². The summed E-state index contributed by atoms with van der Waals surface area (Å²) in [7, 11) is -3.80. The lowest BCUT2D eigenvalue weighted by molar-refractivity contribution is -0.139. The van der Waals surface area contributed by atoms with E-state index in [0.717, 1.165) is 0 Å². The molecule has 0 aliphatic carbocycles. The summed E-state index contributed by atoms with van der Waals surface area (Å²) in [5.41, 5.74) is 0. The van der Waals surface area contributed by atoms with Gasteiger partial charge in [0, 0.05) is 0 Å². The molecule has 0 radical (unpaired) electrons. The van der Waals surface area contributed by atoms with E-state index < -0.39 is 19.7 Å². The Hall–Kier alpha value is -2.70. The Labute approximate surface area is 134 Å². The number of carbonyl (C=O) groups is 1. The molecule has 0 unspecified atom stereocenters. The maximum Gasteiger partial charge on any atom is 0.441 e. The van der Waals surface area contributed by atoms with E-state index in [1.165, 1.54) is 0 Å². The van der Waals surface area contributed by atoms with E-state index in [-0.39, 0.29) is 6.61 Å². The summed E-state index contributed by atoms with van der Waals surface area (Å²) >= 11 is 0. The molecule has 6 heteroatoms. The summed E-state index contributed by atoms with van der Waals surface area (Å²) in [6.07, 6.45) is 4.49. The van der Waals surface area contributed by atoms with Gasteiger partial charge in [-0.2, -0.15) is 0 Å². The van der Waals surface area contributed by atoms with Gasteiger partial charge < -0.3 is 13.8 Å². The summed E-state index contributed by atoms with van der Waals surface area (Å²) in [6, 6.07) is 16.9. The van der Waals surface area contributed by atoms with Crippen molar-refractivity contribution >= 4 is 13.6 Å². The second-order valence-electron chi connectivity index (χ2n) is 4.44. The van der Waals surface area contributed by atoms with E-state index in [9.17, 15) is 9.36 Å². The van der Waals surface area contributed by atoms with Gasteiger partial charge in [-0.1, -0.05) is 42.3 Å². The van der Waals surface area contributed by atoms with Crippen LogP contribution in [0.3, 0.4) is 0 Å². The minimum absolute atomic E-state index is 0.199. The number of terminal acetylenes is 1. The highest BCUT2D eigenvalue weighted by Gasteiger charge is 2.33. The Morgan fingerprint density at radius 1 is 0.957 bits per heavy atom. The molecular weight excluding hydrogens is 315 g/mol. The van der Waals surface area contributed by atoms with Gasteiger partial charge in [0.2, 0.25) is 0 Å². The van der Waals surface area contributed by atoms with E-state index in [4.69, 9.17) is 20.2 Å². The number of carbonyl (C=O) groups excluding carboxylic acids is 1. The van der Waals surface area contributed by atoms with Crippen molar-refractivity contribution < 1.29 is 23.1 Å². The summed E-state index contributed by atoms with van der Waals surface area (Å²) in [5, 5.41) is 0. The van der Waals surface area contributed by atoms with Gasteiger partial charge >= 0.3 is 13.6 Å². The average molecular weight is 330 g/mol. The summed E-state index contributed by atoms with van der Waals surface area (Å²) in [5.74, 6) is 2.08. The predicted molar refractivity (Wildman–Crippen MR) is 86.4 cm³/mol. The van der Waals surface area contributed by atoms with E-state index in [2.05, 4.69) is 5.92 Å². The first kappa shape index (κ1) is 16.7. The topological polar surface area (TPSA) is 61.8 Å². The molecule has 118 valence electrons. The molecule has 0 heterocycles. The van der Waals surface area contributed by atoms with Gasteiger partial charge in [-0.05, 0) is 24.3 Å². The van der Waals surface area contributed by atoms with E-state index in [0.29, 0.717) is 11.5 Å². The van der Waals surface area contributed by atoms with Crippen LogP contribution in [0, 0.1) is 12.3 Å². The lowest BCUT2D eigenvalue weighted by atomic mass is 10.3. The number of esters is 1. The van der Waals surface area contributed by atoms with Gasteiger partial charge in [-0.15, -0.1) is 6.42 Å². The summed E-state index contributed by atoms with van der Waals surface area (Å²) in [6.45, 7) is -0.199. The molecule has 0 aliphatic heterocycles. The van der Waals surface area contributed by atoms with Gasteiger partial charge in [0.25, 0.3) is 0 Å². The molecule has 0 aromatic heterocycles. The molecule has 0 bridgehead atoms. The molecule has 0 fully saturated rings. The largest absolute Gasteiger partial charge is 0.452 e. The average Bonchev–Trinajstić information content (AvgIpc) is 2.54. The van der Waals surface area contributed by atoms with Crippen LogP contribution in [0.25, 0.3) is 0 Å². The fourth-order valence-electron chi connectivity index (χ4n) is 1.69. The van der Waals surface area contributed by atoms with Crippen LogP contribution in [0.4, 0.5) is 0 Å².